The average molecular weight is 314 g/mol. The highest BCUT2D eigenvalue weighted by atomic mass is 35.5. The highest BCUT2D eigenvalue weighted by Gasteiger charge is 2.26. The van der Waals surface area contributed by atoms with Gasteiger partial charge in [0.2, 0.25) is 5.91 Å². The molecule has 0 bridgehead atoms. The average Bonchev–Trinajstić information content (AvgIpc) is 2.50. The standard InChI is InChI=1S/C14H17ClFN3O2/c1-17-13(20)9-4-6-19(7-5-9)14(21)18-10-2-3-12(16)11(15)8-10/h2-3,8-9H,4-7H2,1H3,(H,17,20)(H,18,21). The van der Waals surface area contributed by atoms with Gasteiger partial charge in [0, 0.05) is 31.7 Å². The minimum absolute atomic E-state index is 0.0142. The van der Waals surface area contributed by atoms with Crippen LogP contribution in [0.5, 0.6) is 0 Å². The number of amides is 3. The van der Waals surface area contributed by atoms with Gasteiger partial charge in [-0.3, -0.25) is 4.79 Å². The predicted molar refractivity (Wildman–Crippen MR) is 78.8 cm³/mol. The summed E-state index contributed by atoms with van der Waals surface area (Å²) < 4.78 is 13.1. The summed E-state index contributed by atoms with van der Waals surface area (Å²) >= 11 is 5.67. The predicted octanol–water partition coefficient (Wildman–Crippen LogP) is 2.47. The first-order chi connectivity index (χ1) is 10.0. The van der Waals surface area contributed by atoms with Crippen LogP contribution in [0, 0.1) is 11.7 Å². The molecule has 114 valence electrons. The topological polar surface area (TPSA) is 61.4 Å². The molecule has 2 N–H and O–H groups in total. The summed E-state index contributed by atoms with van der Waals surface area (Å²) in [6, 6.07) is 3.76. The summed E-state index contributed by atoms with van der Waals surface area (Å²) in [5.74, 6) is -0.555. The number of benzene rings is 1. The first kappa shape index (κ1) is 15.6. The van der Waals surface area contributed by atoms with Crippen LogP contribution in [-0.2, 0) is 4.79 Å². The summed E-state index contributed by atoms with van der Waals surface area (Å²) in [7, 11) is 1.61. The van der Waals surface area contributed by atoms with Gasteiger partial charge in [-0.2, -0.15) is 0 Å². The van der Waals surface area contributed by atoms with E-state index in [4.69, 9.17) is 11.6 Å². The first-order valence-corrected chi connectivity index (χ1v) is 7.11. The molecule has 0 unspecified atom stereocenters. The van der Waals surface area contributed by atoms with Crippen LogP contribution in [0.25, 0.3) is 0 Å². The van der Waals surface area contributed by atoms with Crippen molar-refractivity contribution in [3.63, 3.8) is 0 Å². The molecule has 0 radical (unpaired) electrons. The number of nitrogens with zero attached hydrogens (tertiary/aromatic N) is 1. The molecule has 5 nitrogen and oxygen atoms in total. The van der Waals surface area contributed by atoms with Crippen LogP contribution in [0.3, 0.4) is 0 Å². The Kier molecular flexibility index (Phi) is 5.01. The molecule has 0 spiro atoms. The van der Waals surface area contributed by atoms with Crippen LogP contribution >= 0.6 is 11.6 Å². The minimum atomic E-state index is -0.527. The maximum atomic E-state index is 13.1. The van der Waals surface area contributed by atoms with E-state index in [1.54, 1.807) is 11.9 Å². The quantitative estimate of drug-likeness (QED) is 0.881. The Labute approximate surface area is 127 Å². The number of rotatable bonds is 2. The van der Waals surface area contributed by atoms with Crippen molar-refractivity contribution in [2.45, 2.75) is 12.8 Å². The van der Waals surface area contributed by atoms with E-state index in [2.05, 4.69) is 10.6 Å². The van der Waals surface area contributed by atoms with Crippen LogP contribution in [0.2, 0.25) is 5.02 Å². The molecule has 1 aliphatic heterocycles. The van der Waals surface area contributed by atoms with Crippen molar-refractivity contribution in [2.24, 2.45) is 5.92 Å². The third-order valence-electron chi connectivity index (χ3n) is 3.57. The summed E-state index contributed by atoms with van der Waals surface area (Å²) in [6.45, 7) is 1.03. The second-order valence-corrected chi connectivity index (χ2v) is 5.34. The molecular weight excluding hydrogens is 297 g/mol. The Hall–Kier alpha value is -1.82. The molecule has 0 aromatic heterocycles. The Morgan fingerprint density at radius 2 is 2.00 bits per heavy atom. The fourth-order valence-electron chi connectivity index (χ4n) is 2.33. The Balaban J connectivity index is 1.90. The van der Waals surface area contributed by atoms with E-state index in [1.807, 2.05) is 0 Å². The number of halogens is 2. The molecule has 1 aliphatic rings. The van der Waals surface area contributed by atoms with Crippen LogP contribution < -0.4 is 10.6 Å². The SMILES string of the molecule is CNC(=O)C1CCN(C(=O)Nc2ccc(F)c(Cl)c2)CC1. The van der Waals surface area contributed by atoms with E-state index in [1.165, 1.54) is 18.2 Å². The summed E-state index contributed by atoms with van der Waals surface area (Å²) in [4.78, 5) is 25.2. The van der Waals surface area contributed by atoms with Crippen molar-refractivity contribution >= 4 is 29.2 Å². The zero-order valence-corrected chi connectivity index (χ0v) is 12.4. The smallest absolute Gasteiger partial charge is 0.321 e. The number of carbonyl (C=O) groups is 2. The number of anilines is 1. The molecule has 1 saturated heterocycles. The van der Waals surface area contributed by atoms with E-state index in [9.17, 15) is 14.0 Å². The lowest BCUT2D eigenvalue weighted by atomic mass is 9.96. The van der Waals surface area contributed by atoms with E-state index < -0.39 is 5.82 Å². The molecule has 1 aromatic carbocycles. The van der Waals surface area contributed by atoms with E-state index >= 15 is 0 Å². The highest BCUT2D eigenvalue weighted by Crippen LogP contribution is 2.21. The van der Waals surface area contributed by atoms with Gasteiger partial charge in [-0.05, 0) is 31.0 Å². The molecule has 0 aliphatic carbocycles. The molecule has 21 heavy (non-hydrogen) atoms. The number of hydrogen-bond donors (Lipinski definition) is 2. The largest absolute Gasteiger partial charge is 0.359 e. The van der Waals surface area contributed by atoms with Gasteiger partial charge >= 0.3 is 6.03 Å². The van der Waals surface area contributed by atoms with Gasteiger partial charge < -0.3 is 15.5 Å². The monoisotopic (exact) mass is 313 g/mol. The molecule has 1 heterocycles. The second kappa shape index (κ2) is 6.76. The molecular formula is C14H17ClFN3O2. The number of carbonyl (C=O) groups excluding carboxylic acids is 2. The van der Waals surface area contributed by atoms with Gasteiger partial charge in [0.05, 0.1) is 5.02 Å². The Morgan fingerprint density at radius 1 is 1.33 bits per heavy atom. The van der Waals surface area contributed by atoms with Crippen LogP contribution in [0.15, 0.2) is 18.2 Å². The van der Waals surface area contributed by atoms with Gasteiger partial charge in [0.15, 0.2) is 0 Å². The highest BCUT2D eigenvalue weighted by molar-refractivity contribution is 6.31. The number of likely N-dealkylation sites (tertiary alicyclic amines) is 1. The minimum Gasteiger partial charge on any atom is -0.359 e. The molecule has 0 saturated carbocycles. The second-order valence-electron chi connectivity index (χ2n) is 4.93. The Bertz CT molecular complexity index is 545. The Morgan fingerprint density at radius 3 is 2.57 bits per heavy atom. The van der Waals surface area contributed by atoms with Gasteiger partial charge in [-0.1, -0.05) is 11.6 Å². The fraction of sp³-hybridized carbons (Fsp3) is 0.429. The molecule has 3 amide bonds. The maximum Gasteiger partial charge on any atom is 0.321 e. The molecule has 0 atom stereocenters. The van der Waals surface area contributed by atoms with Gasteiger partial charge in [-0.25, -0.2) is 9.18 Å². The van der Waals surface area contributed by atoms with Crippen molar-refractivity contribution in [3.05, 3.63) is 29.0 Å². The lowest BCUT2D eigenvalue weighted by Gasteiger charge is -2.31. The third-order valence-corrected chi connectivity index (χ3v) is 3.86. The van der Waals surface area contributed by atoms with Crippen LogP contribution in [0.1, 0.15) is 12.8 Å². The molecule has 1 fully saturated rings. The van der Waals surface area contributed by atoms with Crippen molar-refractivity contribution < 1.29 is 14.0 Å². The van der Waals surface area contributed by atoms with Crippen molar-refractivity contribution in [1.29, 1.82) is 0 Å². The van der Waals surface area contributed by atoms with Crippen molar-refractivity contribution in [2.75, 3.05) is 25.5 Å². The van der Waals surface area contributed by atoms with Crippen molar-refractivity contribution in [3.8, 4) is 0 Å². The van der Waals surface area contributed by atoms with E-state index in [0.29, 0.717) is 31.6 Å². The zero-order valence-electron chi connectivity index (χ0n) is 11.7. The lowest BCUT2D eigenvalue weighted by Crippen LogP contribution is -2.44. The fourth-order valence-corrected chi connectivity index (χ4v) is 2.51. The number of nitrogens with one attached hydrogen (secondary N) is 2. The summed E-state index contributed by atoms with van der Waals surface area (Å²) in [6.07, 6.45) is 1.27. The summed E-state index contributed by atoms with van der Waals surface area (Å²) in [5.41, 5.74) is 0.444. The van der Waals surface area contributed by atoms with Crippen LogP contribution in [0.4, 0.5) is 14.9 Å². The van der Waals surface area contributed by atoms with Gasteiger partial charge in [0.25, 0.3) is 0 Å². The molecule has 2 rings (SSSR count). The zero-order chi connectivity index (χ0) is 15.4. The maximum absolute atomic E-state index is 13.1. The third kappa shape index (κ3) is 3.85. The van der Waals surface area contributed by atoms with Gasteiger partial charge in [-0.15, -0.1) is 0 Å². The van der Waals surface area contributed by atoms with E-state index in [0.717, 1.165) is 0 Å². The molecule has 1 aromatic rings. The van der Waals surface area contributed by atoms with Crippen LogP contribution in [-0.4, -0.2) is 37.0 Å². The van der Waals surface area contributed by atoms with Gasteiger partial charge in [0.1, 0.15) is 5.82 Å². The molecule has 7 heteroatoms. The number of piperidine rings is 1. The normalized spacial score (nSPS) is 15.7. The van der Waals surface area contributed by atoms with E-state index in [-0.39, 0.29) is 22.9 Å². The first-order valence-electron chi connectivity index (χ1n) is 6.74. The van der Waals surface area contributed by atoms with Crippen molar-refractivity contribution in [1.82, 2.24) is 10.2 Å². The number of hydrogen-bond acceptors (Lipinski definition) is 2. The number of urea groups is 1. The lowest BCUT2D eigenvalue weighted by molar-refractivity contribution is -0.125. The summed E-state index contributed by atoms with van der Waals surface area (Å²) in [5, 5.41) is 5.26.